The van der Waals surface area contributed by atoms with Gasteiger partial charge in [0.05, 0.1) is 0 Å². The maximum Gasteiger partial charge on any atom is 0.254 e. The molecule has 0 fully saturated rings. The Hall–Kier alpha value is -0.800. The predicted molar refractivity (Wildman–Crippen MR) is 49.9 cm³/mol. The van der Waals surface area contributed by atoms with E-state index in [0.717, 1.165) is 0 Å². The van der Waals surface area contributed by atoms with E-state index in [9.17, 15) is 4.91 Å². The normalized spacial score (nSPS) is 15.8. The molecule has 0 aliphatic rings. The smallest absolute Gasteiger partial charge is 0.254 e. The van der Waals surface area contributed by atoms with Crippen LogP contribution in [-0.4, -0.2) is 16.7 Å². The molecule has 0 radical (unpaired) electrons. The maximum absolute atomic E-state index is 9.97. The minimum atomic E-state index is -1.18. The molecule has 0 aromatic carbocycles. The van der Waals surface area contributed by atoms with Crippen molar-refractivity contribution in [1.82, 2.24) is 11.1 Å². The Morgan fingerprint density at radius 3 is 2.33 bits per heavy atom. The molecule has 0 heterocycles. The zero-order valence-electron chi connectivity index (χ0n) is 9.23. The first-order valence-corrected chi connectivity index (χ1v) is 4.42. The van der Waals surface area contributed by atoms with Crippen LogP contribution in [0.3, 0.4) is 0 Å². The summed E-state index contributed by atoms with van der Waals surface area (Å²) >= 11 is 0. The molecule has 0 rings (SSSR count). The fourth-order valence-electron chi connectivity index (χ4n) is 0.600. The Morgan fingerprint density at radius 2 is 1.93 bits per heavy atom. The molecule has 0 aliphatic carbocycles. The highest BCUT2D eigenvalue weighted by molar-refractivity contribution is 4.62. The molecule has 8 nitrogen and oxygen atoms in total. The number of hydrogen-bond acceptors (Lipinski definition) is 8. The zero-order valence-corrected chi connectivity index (χ0v) is 9.23. The van der Waals surface area contributed by atoms with E-state index in [1.165, 1.54) is 12.6 Å². The molecule has 90 valence electrons. The van der Waals surface area contributed by atoms with E-state index >= 15 is 0 Å². The number of hydrogen-bond donors (Lipinski definition) is 3. The molecule has 0 aromatic heterocycles. The average molecular weight is 223 g/mol. The lowest BCUT2D eigenvalue weighted by atomic mass is 10.2. The predicted octanol–water partition coefficient (Wildman–Crippen LogP) is 0.978. The van der Waals surface area contributed by atoms with Crippen molar-refractivity contribution in [1.29, 1.82) is 0 Å². The van der Waals surface area contributed by atoms with Gasteiger partial charge in [-0.1, -0.05) is 12.6 Å². The third kappa shape index (κ3) is 5.60. The maximum atomic E-state index is 9.97. The topological polar surface area (TPSA) is 101 Å². The van der Waals surface area contributed by atoms with Gasteiger partial charge in [0.15, 0.2) is 11.1 Å². The molecule has 8 heteroatoms. The zero-order chi connectivity index (χ0) is 11.9. The molecule has 0 saturated carbocycles. The summed E-state index contributed by atoms with van der Waals surface area (Å²) in [6.45, 7) is 6.45. The van der Waals surface area contributed by atoms with Crippen LogP contribution in [0.5, 0.6) is 0 Å². The Bertz CT molecular complexity index is 201. The van der Waals surface area contributed by atoms with Crippen LogP contribution in [0.2, 0.25) is 0 Å². The number of nitrogens with one attached hydrogen (secondary N) is 2. The molecule has 0 bridgehead atoms. The van der Waals surface area contributed by atoms with Gasteiger partial charge in [-0.05, 0) is 13.8 Å². The van der Waals surface area contributed by atoms with Crippen molar-refractivity contribution in [3.8, 4) is 0 Å². The lowest BCUT2D eigenvalue weighted by Crippen LogP contribution is -2.49. The summed E-state index contributed by atoms with van der Waals surface area (Å²) in [4.78, 5) is 24.2. The average Bonchev–Trinajstić information content (AvgIpc) is 2.16. The molecule has 1 atom stereocenters. The molecule has 0 aliphatic heterocycles. The van der Waals surface area contributed by atoms with Crippen LogP contribution in [0.4, 0.5) is 0 Å². The third-order valence-electron chi connectivity index (χ3n) is 1.69. The highest BCUT2D eigenvalue weighted by Crippen LogP contribution is 2.17. The molecular weight excluding hydrogens is 206 g/mol. The Kier molecular flexibility index (Phi) is 5.61. The van der Waals surface area contributed by atoms with Gasteiger partial charge >= 0.3 is 0 Å². The monoisotopic (exact) mass is 223 g/mol. The van der Waals surface area contributed by atoms with E-state index in [4.69, 9.17) is 10.0 Å². The van der Waals surface area contributed by atoms with Crippen LogP contribution in [0.15, 0.2) is 5.34 Å². The SMILES string of the molecule is CCC(C)(ON=O)ONC(C)(C)ONO. The number of nitrogens with zero attached hydrogens (tertiary/aromatic N) is 1. The molecular formula is C7H17N3O5. The standard InChI is InChI=1S/C7H17N3O5/c1-5-7(4,15-10-12)14-8-6(2,3)13-9-11/h8-9,11H,5H2,1-4H3. The van der Waals surface area contributed by atoms with Crippen LogP contribution < -0.4 is 11.1 Å². The summed E-state index contributed by atoms with van der Waals surface area (Å²) in [7, 11) is 0. The highest BCUT2D eigenvalue weighted by Gasteiger charge is 2.30. The largest absolute Gasteiger partial charge is 0.327 e. The summed E-state index contributed by atoms with van der Waals surface area (Å²) in [5, 5.41) is 10.6. The second-order valence-electron chi connectivity index (χ2n) is 3.56. The van der Waals surface area contributed by atoms with Gasteiger partial charge in [0.1, 0.15) is 0 Å². The van der Waals surface area contributed by atoms with E-state index in [-0.39, 0.29) is 0 Å². The van der Waals surface area contributed by atoms with Gasteiger partial charge in [-0.3, -0.25) is 14.9 Å². The van der Waals surface area contributed by atoms with Crippen molar-refractivity contribution in [2.75, 3.05) is 0 Å². The fourth-order valence-corrected chi connectivity index (χ4v) is 0.600. The van der Waals surface area contributed by atoms with Crippen LogP contribution in [0, 0.1) is 4.91 Å². The van der Waals surface area contributed by atoms with E-state index in [0.29, 0.717) is 6.42 Å². The van der Waals surface area contributed by atoms with Gasteiger partial charge in [0, 0.05) is 13.3 Å². The second-order valence-corrected chi connectivity index (χ2v) is 3.56. The molecule has 3 N–H and O–H groups in total. The first-order valence-electron chi connectivity index (χ1n) is 4.42. The summed E-state index contributed by atoms with van der Waals surface area (Å²) in [6, 6.07) is 0. The lowest BCUT2D eigenvalue weighted by molar-refractivity contribution is -0.318. The van der Waals surface area contributed by atoms with Crippen molar-refractivity contribution in [2.24, 2.45) is 5.34 Å². The van der Waals surface area contributed by atoms with Gasteiger partial charge < -0.3 is 4.84 Å². The van der Waals surface area contributed by atoms with Crippen molar-refractivity contribution in [2.45, 2.75) is 45.6 Å². The van der Waals surface area contributed by atoms with Gasteiger partial charge in [0.2, 0.25) is 0 Å². The van der Waals surface area contributed by atoms with Crippen LogP contribution >= 0.6 is 0 Å². The number of rotatable bonds is 8. The minimum absolute atomic E-state index is 0.397. The van der Waals surface area contributed by atoms with Crippen molar-refractivity contribution in [3.63, 3.8) is 0 Å². The Balaban J connectivity index is 4.15. The molecule has 0 spiro atoms. The highest BCUT2D eigenvalue weighted by atomic mass is 16.9. The molecule has 0 saturated heterocycles. The minimum Gasteiger partial charge on any atom is -0.327 e. The summed E-state index contributed by atoms with van der Waals surface area (Å²) in [5.41, 5.74) is 2.99. The first kappa shape index (κ1) is 14.2. The fraction of sp³-hybridized carbons (Fsp3) is 1.00. The van der Waals surface area contributed by atoms with Crippen LogP contribution in [0.25, 0.3) is 0 Å². The molecule has 0 aromatic rings. The van der Waals surface area contributed by atoms with Crippen LogP contribution in [-0.2, 0) is 14.5 Å². The summed E-state index contributed by atoms with van der Waals surface area (Å²) < 4.78 is 0. The van der Waals surface area contributed by atoms with E-state index < -0.39 is 11.5 Å². The van der Waals surface area contributed by atoms with Crippen molar-refractivity contribution < 1.29 is 19.7 Å². The third-order valence-corrected chi connectivity index (χ3v) is 1.69. The lowest BCUT2D eigenvalue weighted by Gasteiger charge is -2.30. The van der Waals surface area contributed by atoms with Gasteiger partial charge in [0.25, 0.3) is 5.79 Å². The molecule has 1 unspecified atom stereocenters. The molecule has 0 amide bonds. The van der Waals surface area contributed by atoms with Crippen LogP contribution in [0.1, 0.15) is 34.1 Å². The van der Waals surface area contributed by atoms with Gasteiger partial charge in [-0.15, -0.1) is 4.91 Å². The van der Waals surface area contributed by atoms with Gasteiger partial charge in [-0.2, -0.15) is 5.48 Å². The Labute approximate surface area is 87.7 Å². The van der Waals surface area contributed by atoms with E-state index in [2.05, 4.69) is 20.5 Å². The summed E-state index contributed by atoms with van der Waals surface area (Å²) in [6.07, 6.45) is 0.397. The van der Waals surface area contributed by atoms with Crippen molar-refractivity contribution in [3.05, 3.63) is 4.91 Å². The Morgan fingerprint density at radius 1 is 1.33 bits per heavy atom. The van der Waals surface area contributed by atoms with E-state index in [1.54, 1.807) is 20.8 Å². The second kappa shape index (κ2) is 5.93. The van der Waals surface area contributed by atoms with E-state index in [1.807, 2.05) is 0 Å². The number of hydroxylamine groups is 1. The summed E-state index contributed by atoms with van der Waals surface area (Å²) in [5.74, 6) is -1.18. The van der Waals surface area contributed by atoms with Gasteiger partial charge in [-0.25, -0.2) is 0 Å². The van der Waals surface area contributed by atoms with Crippen molar-refractivity contribution >= 4 is 0 Å². The quantitative estimate of drug-likeness (QED) is 0.320. The first-order chi connectivity index (χ1) is 6.89. The molecule has 15 heavy (non-hydrogen) atoms.